The second kappa shape index (κ2) is 4.65. The third-order valence-corrected chi connectivity index (χ3v) is 3.80. The van der Waals surface area contributed by atoms with E-state index in [4.69, 9.17) is 0 Å². The first kappa shape index (κ1) is 12.2. The Kier molecular flexibility index (Phi) is 2.97. The van der Waals surface area contributed by atoms with Crippen LogP contribution in [-0.4, -0.2) is 9.97 Å². The van der Waals surface area contributed by atoms with Crippen molar-refractivity contribution >= 4 is 0 Å². The third-order valence-electron chi connectivity index (χ3n) is 3.80. The molecular formula is C16H18N2O. The Balaban J connectivity index is 2.08. The van der Waals surface area contributed by atoms with E-state index in [1.54, 1.807) is 0 Å². The van der Waals surface area contributed by atoms with Crippen molar-refractivity contribution < 1.29 is 0 Å². The molecule has 0 saturated heterocycles. The molecule has 0 atom stereocenters. The van der Waals surface area contributed by atoms with E-state index in [2.05, 4.69) is 28.2 Å². The molecule has 0 radical (unpaired) electrons. The number of H-pyrrole nitrogens is 1. The van der Waals surface area contributed by atoms with Crippen molar-refractivity contribution in [1.29, 1.82) is 0 Å². The van der Waals surface area contributed by atoms with Crippen molar-refractivity contribution in [2.24, 2.45) is 0 Å². The zero-order valence-electron chi connectivity index (χ0n) is 11.4. The zero-order valence-corrected chi connectivity index (χ0v) is 11.4. The van der Waals surface area contributed by atoms with Crippen LogP contribution < -0.4 is 5.56 Å². The third kappa shape index (κ3) is 2.33. The van der Waals surface area contributed by atoms with Gasteiger partial charge in [-0.25, -0.2) is 4.98 Å². The summed E-state index contributed by atoms with van der Waals surface area (Å²) in [6, 6.07) is 8.38. The quantitative estimate of drug-likeness (QED) is 0.914. The maximum Gasteiger partial charge on any atom is 0.254 e. The molecule has 1 aromatic heterocycles. The number of nitrogens with zero attached hydrogens (tertiary/aromatic N) is 1. The first-order valence-electron chi connectivity index (χ1n) is 6.89. The fraction of sp³-hybridized carbons (Fsp3) is 0.375. The van der Waals surface area contributed by atoms with Gasteiger partial charge in [-0.15, -0.1) is 0 Å². The number of rotatable bonds is 3. The second-order valence-corrected chi connectivity index (χ2v) is 5.24. The van der Waals surface area contributed by atoms with Crippen molar-refractivity contribution in [3.63, 3.8) is 0 Å². The van der Waals surface area contributed by atoms with Gasteiger partial charge in [0.25, 0.3) is 5.56 Å². The Bertz CT molecular complexity index is 669. The summed E-state index contributed by atoms with van der Waals surface area (Å²) in [5.74, 6) is 1.40. The molecular weight excluding hydrogens is 236 g/mol. The van der Waals surface area contributed by atoms with E-state index >= 15 is 0 Å². The molecule has 0 bridgehead atoms. The maximum absolute atomic E-state index is 11.9. The van der Waals surface area contributed by atoms with Crippen LogP contribution in [0.4, 0.5) is 0 Å². The van der Waals surface area contributed by atoms with Crippen molar-refractivity contribution in [2.45, 2.75) is 39.0 Å². The normalized spacial score (nSPS) is 14.6. The maximum atomic E-state index is 11.9. The van der Waals surface area contributed by atoms with Gasteiger partial charge in [0.15, 0.2) is 0 Å². The zero-order chi connectivity index (χ0) is 13.4. The lowest BCUT2D eigenvalue weighted by Gasteiger charge is -2.07. The molecule has 0 unspecified atom stereocenters. The number of aryl methyl sites for hydroxylation is 1. The molecule has 3 heteroatoms. The van der Waals surface area contributed by atoms with Gasteiger partial charge in [-0.05, 0) is 43.7 Å². The molecule has 3 nitrogen and oxygen atoms in total. The van der Waals surface area contributed by atoms with E-state index in [1.807, 2.05) is 19.9 Å². The largest absolute Gasteiger partial charge is 0.306 e. The molecule has 0 amide bonds. The summed E-state index contributed by atoms with van der Waals surface area (Å²) in [5, 5.41) is 0. The minimum absolute atomic E-state index is 0.0290. The number of aromatic amines is 1. The van der Waals surface area contributed by atoms with Crippen molar-refractivity contribution in [1.82, 2.24) is 9.97 Å². The highest BCUT2D eigenvalue weighted by molar-refractivity contribution is 5.57. The molecule has 1 N–H and O–H groups in total. The van der Waals surface area contributed by atoms with Crippen LogP contribution >= 0.6 is 0 Å². The minimum atomic E-state index is -0.0290. The number of nitrogens with one attached hydrogen (secondary N) is 1. The van der Waals surface area contributed by atoms with E-state index in [9.17, 15) is 4.79 Å². The molecule has 19 heavy (non-hydrogen) atoms. The Morgan fingerprint density at radius 1 is 1.37 bits per heavy atom. The number of aromatic nitrogens is 2. The van der Waals surface area contributed by atoms with Gasteiger partial charge in [0.2, 0.25) is 0 Å². The van der Waals surface area contributed by atoms with Crippen LogP contribution in [0.2, 0.25) is 0 Å². The molecule has 0 aliphatic heterocycles. The number of hydrogen-bond donors (Lipinski definition) is 1. The predicted molar refractivity (Wildman–Crippen MR) is 76.4 cm³/mol. The predicted octanol–water partition coefficient (Wildman–Crippen LogP) is 3.19. The number of benzene rings is 1. The topological polar surface area (TPSA) is 45.8 Å². The standard InChI is InChI=1S/C16H18N2O/c1-3-14-10(2)16(19)18-15(17-14)13-6-4-5-12(9-13)11-7-8-11/h4-6,9,11H,3,7-8H2,1-2H3,(H,17,18,19). The van der Waals surface area contributed by atoms with Gasteiger partial charge in [0.1, 0.15) is 5.82 Å². The first-order valence-corrected chi connectivity index (χ1v) is 6.89. The van der Waals surface area contributed by atoms with Crippen LogP contribution in [0.1, 0.15) is 42.5 Å². The van der Waals surface area contributed by atoms with Gasteiger partial charge in [-0.2, -0.15) is 0 Å². The molecule has 1 saturated carbocycles. The van der Waals surface area contributed by atoms with Crippen LogP contribution in [0, 0.1) is 6.92 Å². The highest BCUT2D eigenvalue weighted by atomic mass is 16.1. The minimum Gasteiger partial charge on any atom is -0.306 e. The molecule has 1 fully saturated rings. The average Bonchev–Trinajstić information content (AvgIpc) is 3.26. The first-order chi connectivity index (χ1) is 9.19. The van der Waals surface area contributed by atoms with Crippen LogP contribution in [0.3, 0.4) is 0 Å². The fourth-order valence-corrected chi connectivity index (χ4v) is 2.42. The lowest BCUT2D eigenvalue weighted by Crippen LogP contribution is -2.15. The van der Waals surface area contributed by atoms with E-state index in [1.165, 1.54) is 18.4 Å². The number of hydrogen-bond acceptors (Lipinski definition) is 2. The Hall–Kier alpha value is -1.90. The lowest BCUT2D eigenvalue weighted by molar-refractivity contribution is 0.954. The Morgan fingerprint density at radius 2 is 2.16 bits per heavy atom. The molecule has 1 aliphatic carbocycles. The van der Waals surface area contributed by atoms with E-state index in [-0.39, 0.29) is 5.56 Å². The van der Waals surface area contributed by atoms with Gasteiger partial charge >= 0.3 is 0 Å². The van der Waals surface area contributed by atoms with E-state index < -0.39 is 0 Å². The van der Waals surface area contributed by atoms with Crippen molar-refractivity contribution in [2.75, 3.05) is 0 Å². The van der Waals surface area contributed by atoms with Gasteiger partial charge in [-0.1, -0.05) is 25.1 Å². The second-order valence-electron chi connectivity index (χ2n) is 5.24. The molecule has 98 valence electrons. The van der Waals surface area contributed by atoms with Crippen molar-refractivity contribution in [3.8, 4) is 11.4 Å². The summed E-state index contributed by atoms with van der Waals surface area (Å²) in [4.78, 5) is 19.4. The summed E-state index contributed by atoms with van der Waals surface area (Å²) in [6.07, 6.45) is 3.34. The average molecular weight is 254 g/mol. The van der Waals surface area contributed by atoms with Gasteiger partial charge < -0.3 is 4.98 Å². The van der Waals surface area contributed by atoms with Crippen LogP contribution in [0.25, 0.3) is 11.4 Å². The highest BCUT2D eigenvalue weighted by Gasteiger charge is 2.23. The van der Waals surface area contributed by atoms with Gasteiger partial charge in [-0.3, -0.25) is 4.79 Å². The van der Waals surface area contributed by atoms with E-state index in [0.29, 0.717) is 11.7 Å². The SMILES string of the molecule is CCc1nc(-c2cccc(C3CC3)c2)[nH]c(=O)c1C. The van der Waals surface area contributed by atoms with Crippen LogP contribution in [0.15, 0.2) is 29.1 Å². The van der Waals surface area contributed by atoms with Crippen molar-refractivity contribution in [3.05, 3.63) is 51.4 Å². The summed E-state index contributed by atoms with van der Waals surface area (Å²) >= 11 is 0. The Morgan fingerprint density at radius 3 is 2.84 bits per heavy atom. The monoisotopic (exact) mass is 254 g/mol. The van der Waals surface area contributed by atoms with Gasteiger partial charge in [0, 0.05) is 11.1 Å². The molecule has 1 heterocycles. The summed E-state index contributed by atoms with van der Waals surface area (Å²) < 4.78 is 0. The van der Waals surface area contributed by atoms with E-state index in [0.717, 1.165) is 23.2 Å². The van der Waals surface area contributed by atoms with Gasteiger partial charge in [0.05, 0.1) is 5.69 Å². The summed E-state index contributed by atoms with van der Waals surface area (Å²) in [7, 11) is 0. The Labute approximate surface area is 112 Å². The molecule has 0 spiro atoms. The summed E-state index contributed by atoms with van der Waals surface area (Å²) in [6.45, 7) is 3.86. The highest BCUT2D eigenvalue weighted by Crippen LogP contribution is 2.40. The van der Waals surface area contributed by atoms with Crippen LogP contribution in [0.5, 0.6) is 0 Å². The molecule has 1 aliphatic rings. The molecule has 3 rings (SSSR count). The van der Waals surface area contributed by atoms with Crippen LogP contribution in [-0.2, 0) is 6.42 Å². The lowest BCUT2D eigenvalue weighted by atomic mass is 10.1. The molecule has 2 aromatic rings. The molecule has 1 aromatic carbocycles. The smallest absolute Gasteiger partial charge is 0.254 e. The fourth-order valence-electron chi connectivity index (χ4n) is 2.42. The summed E-state index contributed by atoms with van der Waals surface area (Å²) in [5.41, 5.74) is 3.95.